The average molecular weight is 832 g/mol. The maximum absolute atomic E-state index is 5.39. The van der Waals surface area contributed by atoms with Crippen LogP contribution >= 0.6 is 0 Å². The molecule has 0 saturated carbocycles. The zero-order valence-electron chi connectivity index (χ0n) is 35.9. The summed E-state index contributed by atoms with van der Waals surface area (Å²) in [5, 5.41) is 4.83. The molecule has 0 unspecified atom stereocenters. The first-order valence-electron chi connectivity index (χ1n) is 22.3. The van der Waals surface area contributed by atoms with E-state index in [1.165, 1.54) is 54.8 Å². The molecule has 1 aliphatic carbocycles. The van der Waals surface area contributed by atoms with E-state index in [2.05, 4.69) is 217 Å². The van der Waals surface area contributed by atoms with Gasteiger partial charge in [-0.05, 0) is 81.9 Å². The first-order valence-corrected chi connectivity index (χ1v) is 22.3. The topological polar surface area (TPSA) is 48.5 Å². The monoisotopic (exact) mass is 831 g/mol. The molecule has 0 atom stereocenters. The van der Waals surface area contributed by atoms with Gasteiger partial charge in [0.2, 0.25) is 0 Å². The van der Waals surface area contributed by atoms with Gasteiger partial charge in [0.1, 0.15) is 0 Å². The Morgan fingerprint density at radius 1 is 0.338 bits per heavy atom. The van der Waals surface area contributed by atoms with Gasteiger partial charge < -0.3 is 9.13 Å². The maximum atomic E-state index is 5.39. The minimum atomic E-state index is -0.167. The molecule has 3 aromatic heterocycles. The largest absolute Gasteiger partial charge is 0.307 e. The molecule has 0 saturated heterocycles. The molecule has 5 nitrogen and oxygen atoms in total. The lowest BCUT2D eigenvalue weighted by Crippen LogP contribution is -2.15. The van der Waals surface area contributed by atoms with Crippen molar-refractivity contribution in [1.82, 2.24) is 24.1 Å². The van der Waals surface area contributed by atoms with Crippen molar-refractivity contribution in [3.8, 4) is 67.8 Å². The highest BCUT2D eigenvalue weighted by Gasteiger charge is 2.35. The minimum Gasteiger partial charge on any atom is -0.307 e. The van der Waals surface area contributed by atoms with Crippen LogP contribution in [0.2, 0.25) is 0 Å². The van der Waals surface area contributed by atoms with Gasteiger partial charge in [-0.25, -0.2) is 15.0 Å². The van der Waals surface area contributed by atoms with Crippen molar-refractivity contribution < 1.29 is 0 Å². The molecular weight excluding hydrogens is 791 g/mol. The van der Waals surface area contributed by atoms with E-state index in [-0.39, 0.29) is 5.41 Å². The van der Waals surface area contributed by atoms with Gasteiger partial charge in [-0.2, -0.15) is 0 Å². The van der Waals surface area contributed by atoms with E-state index >= 15 is 0 Å². The second-order valence-corrected chi connectivity index (χ2v) is 17.6. The summed E-state index contributed by atoms with van der Waals surface area (Å²) in [5.74, 6) is 1.88. The van der Waals surface area contributed by atoms with Gasteiger partial charge in [0.05, 0.1) is 27.8 Å². The third-order valence-electron chi connectivity index (χ3n) is 13.5. The van der Waals surface area contributed by atoms with Crippen molar-refractivity contribution in [2.24, 2.45) is 0 Å². The van der Waals surface area contributed by atoms with E-state index in [1.807, 2.05) is 18.2 Å². The molecule has 65 heavy (non-hydrogen) atoms. The quantitative estimate of drug-likeness (QED) is 0.168. The molecular formula is C60H41N5. The lowest BCUT2D eigenvalue weighted by atomic mass is 9.82. The van der Waals surface area contributed by atoms with Gasteiger partial charge in [0.15, 0.2) is 17.5 Å². The molecule has 0 bridgehead atoms. The highest BCUT2D eigenvalue weighted by atomic mass is 15.1. The lowest BCUT2D eigenvalue weighted by Gasteiger charge is -2.21. The summed E-state index contributed by atoms with van der Waals surface area (Å²) in [4.78, 5) is 15.9. The zero-order valence-corrected chi connectivity index (χ0v) is 35.9. The van der Waals surface area contributed by atoms with Crippen LogP contribution in [0.4, 0.5) is 0 Å². The fourth-order valence-electron chi connectivity index (χ4n) is 10.5. The van der Waals surface area contributed by atoms with Crippen LogP contribution < -0.4 is 0 Å². The van der Waals surface area contributed by atoms with Gasteiger partial charge in [-0.1, -0.05) is 178 Å². The molecule has 0 radical (unpaired) electrons. The second kappa shape index (κ2) is 14.3. The van der Waals surface area contributed by atoms with Crippen molar-refractivity contribution in [1.29, 1.82) is 0 Å². The predicted octanol–water partition coefficient (Wildman–Crippen LogP) is 15.0. The second-order valence-electron chi connectivity index (χ2n) is 17.6. The van der Waals surface area contributed by atoms with Gasteiger partial charge >= 0.3 is 0 Å². The highest BCUT2D eigenvalue weighted by Crippen LogP contribution is 2.49. The molecule has 0 amide bonds. The van der Waals surface area contributed by atoms with Crippen LogP contribution in [-0.4, -0.2) is 24.1 Å². The van der Waals surface area contributed by atoms with E-state index in [0.29, 0.717) is 17.5 Å². The summed E-state index contributed by atoms with van der Waals surface area (Å²) in [6, 6.07) is 76.1. The van der Waals surface area contributed by atoms with Crippen LogP contribution in [0.3, 0.4) is 0 Å². The molecule has 5 heteroatoms. The molecule has 1 aliphatic rings. The molecule has 0 N–H and O–H groups in total. The Hall–Kier alpha value is -8.41. The molecule has 0 fully saturated rings. The predicted molar refractivity (Wildman–Crippen MR) is 268 cm³/mol. The van der Waals surface area contributed by atoms with Crippen LogP contribution in [0.5, 0.6) is 0 Å². The zero-order chi connectivity index (χ0) is 43.2. The number of para-hydroxylation sites is 4. The number of benzene rings is 9. The number of rotatable bonds is 6. The molecule has 306 valence electrons. The smallest absolute Gasteiger partial charge is 0.164 e. The number of aromatic nitrogens is 5. The van der Waals surface area contributed by atoms with Crippen molar-refractivity contribution in [2.45, 2.75) is 19.3 Å². The molecule has 12 aromatic rings. The average Bonchev–Trinajstić information content (AvgIpc) is 3.97. The van der Waals surface area contributed by atoms with Gasteiger partial charge in [0.25, 0.3) is 0 Å². The Balaban J connectivity index is 1.08. The fraction of sp³-hybridized carbons (Fsp3) is 0.0500. The summed E-state index contributed by atoms with van der Waals surface area (Å²) in [7, 11) is 0. The Morgan fingerprint density at radius 3 is 1.54 bits per heavy atom. The van der Waals surface area contributed by atoms with Crippen LogP contribution in [0, 0.1) is 0 Å². The fourth-order valence-corrected chi connectivity index (χ4v) is 10.5. The van der Waals surface area contributed by atoms with Crippen LogP contribution in [0.25, 0.3) is 111 Å². The van der Waals surface area contributed by atoms with E-state index in [9.17, 15) is 0 Å². The summed E-state index contributed by atoms with van der Waals surface area (Å²) in [6.07, 6.45) is 0. The van der Waals surface area contributed by atoms with Crippen LogP contribution in [0.1, 0.15) is 25.0 Å². The summed E-state index contributed by atoms with van der Waals surface area (Å²) < 4.78 is 4.88. The summed E-state index contributed by atoms with van der Waals surface area (Å²) >= 11 is 0. The van der Waals surface area contributed by atoms with E-state index < -0.39 is 0 Å². The molecule has 9 aromatic carbocycles. The van der Waals surface area contributed by atoms with E-state index in [4.69, 9.17) is 15.0 Å². The van der Waals surface area contributed by atoms with E-state index in [1.54, 1.807) is 0 Å². The van der Waals surface area contributed by atoms with Crippen LogP contribution in [0.15, 0.2) is 212 Å². The standard InChI is InChI=1S/C60H41N5/c1-60(2)50-27-13-9-22-44(50)45-33-32-40(37-51(45)60)58-61-57(39-20-7-4-8-21-39)62-59(63-58)42-34-41(38-18-5-3-6-19-38)35-43(36-42)64-52-28-14-12-25-48(52)49-26-17-31-55(56(49)64)65-53-29-15-10-23-46(53)47-24-11-16-30-54(47)65/h3-37H,1-2H3. The summed E-state index contributed by atoms with van der Waals surface area (Å²) in [6.45, 7) is 4.63. The third kappa shape index (κ3) is 5.75. The summed E-state index contributed by atoms with van der Waals surface area (Å²) in [5.41, 5.74) is 16.7. The Kier molecular flexibility index (Phi) is 8.18. The highest BCUT2D eigenvalue weighted by molar-refractivity contribution is 6.15. The minimum absolute atomic E-state index is 0.167. The lowest BCUT2D eigenvalue weighted by molar-refractivity contribution is 0.660. The van der Waals surface area contributed by atoms with Crippen molar-refractivity contribution in [3.05, 3.63) is 223 Å². The molecule has 13 rings (SSSR count). The number of hydrogen-bond donors (Lipinski definition) is 0. The Bertz CT molecular complexity index is 3800. The Morgan fingerprint density at radius 2 is 0.846 bits per heavy atom. The maximum Gasteiger partial charge on any atom is 0.164 e. The van der Waals surface area contributed by atoms with Gasteiger partial charge in [-0.3, -0.25) is 0 Å². The first kappa shape index (κ1) is 37.2. The van der Waals surface area contributed by atoms with Gasteiger partial charge in [-0.15, -0.1) is 0 Å². The third-order valence-corrected chi connectivity index (χ3v) is 13.5. The van der Waals surface area contributed by atoms with Crippen LogP contribution in [-0.2, 0) is 5.41 Å². The normalized spacial score (nSPS) is 12.9. The van der Waals surface area contributed by atoms with Crippen molar-refractivity contribution in [2.75, 3.05) is 0 Å². The molecule has 3 heterocycles. The SMILES string of the molecule is CC1(C)c2ccccc2-c2ccc(-c3nc(-c4ccccc4)nc(-c4cc(-c5ccccc5)cc(-n5c6ccccc6c6cccc(-n7c8ccccc8c8ccccc87)c65)c4)n3)cc21. The Labute approximate surface area is 376 Å². The first-order chi connectivity index (χ1) is 32.0. The van der Waals surface area contributed by atoms with Gasteiger partial charge in [0, 0.05) is 49.3 Å². The molecule has 0 spiro atoms. The van der Waals surface area contributed by atoms with Crippen molar-refractivity contribution in [3.63, 3.8) is 0 Å². The number of hydrogen-bond acceptors (Lipinski definition) is 3. The number of nitrogens with zero attached hydrogens (tertiary/aromatic N) is 5. The molecule has 0 aliphatic heterocycles. The van der Waals surface area contributed by atoms with Crippen molar-refractivity contribution >= 4 is 43.6 Å². The van der Waals surface area contributed by atoms with E-state index in [0.717, 1.165) is 50.2 Å². The number of fused-ring (bicyclic) bond motifs is 9.